The molecule has 2 heterocycles. The fourth-order valence-electron chi connectivity index (χ4n) is 2.68. The van der Waals surface area contributed by atoms with E-state index in [-0.39, 0.29) is 16.6 Å². The molecular weight excluding hydrogens is 342 g/mol. The Balaban J connectivity index is 1.71. The zero-order chi connectivity index (χ0) is 18.0. The van der Waals surface area contributed by atoms with E-state index in [1.807, 2.05) is 7.05 Å². The number of benzene rings is 1. The number of sulfonamides is 1. The Morgan fingerprint density at radius 3 is 2.28 bits per heavy atom. The molecule has 1 N–H and O–H groups in total. The molecule has 8 heteroatoms. The third-order valence-electron chi connectivity index (χ3n) is 4.28. The molecule has 1 aromatic heterocycles. The van der Waals surface area contributed by atoms with E-state index in [0.717, 1.165) is 18.7 Å². The van der Waals surface area contributed by atoms with Crippen LogP contribution in [0.25, 0.3) is 0 Å². The second kappa shape index (κ2) is 6.99. The van der Waals surface area contributed by atoms with E-state index in [1.54, 1.807) is 25.1 Å². The Hall–Kier alpha value is -2.16. The predicted octanol–water partition coefficient (Wildman–Crippen LogP) is 1.78. The molecule has 2 aromatic rings. The molecule has 1 aliphatic heterocycles. The van der Waals surface area contributed by atoms with Crippen molar-refractivity contribution in [1.82, 2.24) is 9.21 Å². The van der Waals surface area contributed by atoms with Gasteiger partial charge in [0.05, 0.1) is 11.2 Å². The van der Waals surface area contributed by atoms with Crippen LogP contribution in [-0.4, -0.2) is 56.8 Å². The first-order chi connectivity index (χ1) is 11.9. The van der Waals surface area contributed by atoms with Gasteiger partial charge in [-0.1, -0.05) is 0 Å². The summed E-state index contributed by atoms with van der Waals surface area (Å²) in [5, 5.41) is 2.70. The molecule has 25 heavy (non-hydrogen) atoms. The number of likely N-dealkylation sites (N-methyl/N-ethyl adjacent to an activating group) is 1. The van der Waals surface area contributed by atoms with Gasteiger partial charge in [0, 0.05) is 37.4 Å². The second-order valence-corrected chi connectivity index (χ2v) is 8.06. The summed E-state index contributed by atoms with van der Waals surface area (Å²) in [7, 11) is -1.53. The smallest absolute Gasteiger partial charge is 0.291 e. The van der Waals surface area contributed by atoms with Crippen LogP contribution in [0, 0.1) is 6.92 Å². The van der Waals surface area contributed by atoms with E-state index >= 15 is 0 Å². The summed E-state index contributed by atoms with van der Waals surface area (Å²) in [5.74, 6) is -0.119. The summed E-state index contributed by atoms with van der Waals surface area (Å²) in [6, 6.07) is 7.90. The molecule has 0 spiro atoms. The minimum absolute atomic E-state index is 0.226. The number of carbonyl (C=O) groups excluding carboxylic acids is 1. The number of hydrogen-bond donors (Lipinski definition) is 1. The highest BCUT2D eigenvalue weighted by molar-refractivity contribution is 7.89. The van der Waals surface area contributed by atoms with Crippen molar-refractivity contribution in [2.45, 2.75) is 11.8 Å². The Morgan fingerprint density at radius 2 is 1.72 bits per heavy atom. The van der Waals surface area contributed by atoms with E-state index in [2.05, 4.69) is 10.2 Å². The van der Waals surface area contributed by atoms with Crippen LogP contribution in [0.3, 0.4) is 0 Å². The predicted molar refractivity (Wildman–Crippen MR) is 94.1 cm³/mol. The van der Waals surface area contributed by atoms with Gasteiger partial charge < -0.3 is 14.6 Å². The molecule has 0 unspecified atom stereocenters. The fourth-order valence-corrected chi connectivity index (χ4v) is 4.10. The highest BCUT2D eigenvalue weighted by Crippen LogP contribution is 2.20. The number of nitrogens with zero attached hydrogens (tertiary/aromatic N) is 2. The van der Waals surface area contributed by atoms with E-state index in [0.29, 0.717) is 18.8 Å². The molecule has 3 rings (SSSR count). The lowest BCUT2D eigenvalue weighted by Crippen LogP contribution is -2.46. The Labute approximate surface area is 147 Å². The summed E-state index contributed by atoms with van der Waals surface area (Å²) in [5.41, 5.74) is 1.25. The molecule has 0 aliphatic carbocycles. The van der Waals surface area contributed by atoms with Gasteiger partial charge in [-0.2, -0.15) is 4.31 Å². The van der Waals surface area contributed by atoms with Gasteiger partial charge in [-0.25, -0.2) is 8.42 Å². The van der Waals surface area contributed by atoms with Crippen LogP contribution in [0.15, 0.2) is 45.9 Å². The van der Waals surface area contributed by atoms with Crippen LogP contribution in [0.2, 0.25) is 0 Å². The molecule has 0 radical (unpaired) electrons. The fraction of sp³-hybridized carbons (Fsp3) is 0.353. The van der Waals surface area contributed by atoms with Crippen LogP contribution in [-0.2, 0) is 10.0 Å². The summed E-state index contributed by atoms with van der Waals surface area (Å²) < 4.78 is 32.0. The topological polar surface area (TPSA) is 82.9 Å². The Kier molecular flexibility index (Phi) is 4.94. The lowest BCUT2D eigenvalue weighted by atomic mass is 10.2. The molecular formula is C17H21N3O4S. The molecule has 7 nitrogen and oxygen atoms in total. The average Bonchev–Trinajstić information content (AvgIpc) is 3.02. The van der Waals surface area contributed by atoms with E-state index in [1.165, 1.54) is 22.7 Å². The summed E-state index contributed by atoms with van der Waals surface area (Å²) in [6.45, 7) is 4.18. The first kappa shape index (κ1) is 17.7. The minimum Gasteiger partial charge on any atom is -0.459 e. The van der Waals surface area contributed by atoms with Crippen molar-refractivity contribution in [1.29, 1.82) is 0 Å². The number of piperazine rings is 1. The van der Waals surface area contributed by atoms with Gasteiger partial charge in [-0.05, 0) is 44.3 Å². The maximum Gasteiger partial charge on any atom is 0.291 e. The molecule has 1 fully saturated rings. The summed E-state index contributed by atoms with van der Waals surface area (Å²) in [4.78, 5) is 14.4. The van der Waals surface area contributed by atoms with E-state index in [4.69, 9.17) is 4.42 Å². The first-order valence-electron chi connectivity index (χ1n) is 8.02. The third kappa shape index (κ3) is 3.76. The normalized spacial score (nSPS) is 16.7. The van der Waals surface area contributed by atoms with Gasteiger partial charge in [-0.3, -0.25) is 4.79 Å². The third-order valence-corrected chi connectivity index (χ3v) is 6.19. The molecule has 0 atom stereocenters. The number of carbonyl (C=O) groups is 1. The zero-order valence-electron chi connectivity index (χ0n) is 14.2. The minimum atomic E-state index is -3.51. The molecule has 134 valence electrons. The van der Waals surface area contributed by atoms with Crippen molar-refractivity contribution >= 4 is 21.6 Å². The van der Waals surface area contributed by atoms with Gasteiger partial charge in [-0.15, -0.1) is 0 Å². The number of rotatable bonds is 4. The molecule has 0 saturated carbocycles. The molecule has 1 amide bonds. The van der Waals surface area contributed by atoms with Crippen molar-refractivity contribution in [3.8, 4) is 0 Å². The van der Waals surface area contributed by atoms with Crippen LogP contribution >= 0.6 is 0 Å². The molecule has 0 bridgehead atoms. The SMILES string of the molecule is Cc1ccoc1C(=O)Nc1ccc(S(=O)(=O)N2CCN(C)CC2)cc1. The second-order valence-electron chi connectivity index (χ2n) is 6.12. The van der Waals surface area contributed by atoms with Gasteiger partial charge in [0.2, 0.25) is 10.0 Å². The van der Waals surface area contributed by atoms with E-state index in [9.17, 15) is 13.2 Å². The molecule has 1 aromatic carbocycles. The van der Waals surface area contributed by atoms with Crippen LogP contribution in [0.1, 0.15) is 16.1 Å². The van der Waals surface area contributed by atoms with Crippen LogP contribution in [0.4, 0.5) is 5.69 Å². The van der Waals surface area contributed by atoms with E-state index < -0.39 is 10.0 Å². The maximum atomic E-state index is 12.7. The van der Waals surface area contributed by atoms with Gasteiger partial charge in [0.1, 0.15) is 0 Å². The van der Waals surface area contributed by atoms with Crippen LogP contribution < -0.4 is 5.32 Å². The quantitative estimate of drug-likeness (QED) is 0.895. The van der Waals surface area contributed by atoms with Crippen molar-refractivity contribution in [3.05, 3.63) is 47.9 Å². The van der Waals surface area contributed by atoms with Crippen LogP contribution in [0.5, 0.6) is 0 Å². The van der Waals surface area contributed by atoms with Gasteiger partial charge >= 0.3 is 0 Å². The van der Waals surface area contributed by atoms with Gasteiger partial charge in [0.15, 0.2) is 5.76 Å². The average molecular weight is 363 g/mol. The lowest BCUT2D eigenvalue weighted by Gasteiger charge is -2.31. The number of aryl methyl sites for hydroxylation is 1. The van der Waals surface area contributed by atoms with Gasteiger partial charge in [0.25, 0.3) is 5.91 Å². The molecule has 1 aliphatic rings. The summed E-state index contributed by atoms with van der Waals surface area (Å²) >= 11 is 0. The Morgan fingerprint density at radius 1 is 1.08 bits per heavy atom. The number of furan rings is 1. The lowest BCUT2D eigenvalue weighted by molar-refractivity contribution is 0.0996. The monoisotopic (exact) mass is 363 g/mol. The first-order valence-corrected chi connectivity index (χ1v) is 9.46. The number of amides is 1. The zero-order valence-corrected chi connectivity index (χ0v) is 15.0. The standard InChI is InChI=1S/C17H21N3O4S/c1-13-7-12-24-16(13)17(21)18-14-3-5-15(6-4-14)25(22,23)20-10-8-19(2)9-11-20/h3-7,12H,8-11H2,1-2H3,(H,18,21). The number of nitrogens with one attached hydrogen (secondary N) is 1. The highest BCUT2D eigenvalue weighted by atomic mass is 32.2. The molecule has 1 saturated heterocycles. The largest absolute Gasteiger partial charge is 0.459 e. The Bertz CT molecular complexity index is 850. The van der Waals surface area contributed by atoms with Crippen molar-refractivity contribution in [2.24, 2.45) is 0 Å². The number of hydrogen-bond acceptors (Lipinski definition) is 5. The highest BCUT2D eigenvalue weighted by Gasteiger charge is 2.27. The van der Waals surface area contributed by atoms with Crippen molar-refractivity contribution in [2.75, 3.05) is 38.5 Å². The van der Waals surface area contributed by atoms with Crippen molar-refractivity contribution in [3.63, 3.8) is 0 Å². The van der Waals surface area contributed by atoms with Crippen molar-refractivity contribution < 1.29 is 17.6 Å². The maximum absolute atomic E-state index is 12.7. The summed E-state index contributed by atoms with van der Waals surface area (Å²) in [6.07, 6.45) is 1.45. The number of anilines is 1.